The highest BCUT2D eigenvalue weighted by Crippen LogP contribution is 2.28. The Morgan fingerprint density at radius 1 is 0.917 bits per heavy atom. The van der Waals surface area contributed by atoms with Crippen LogP contribution >= 0.6 is 0 Å². The van der Waals surface area contributed by atoms with Gasteiger partial charge in [0.2, 0.25) is 17.7 Å². The van der Waals surface area contributed by atoms with E-state index in [4.69, 9.17) is 9.47 Å². The Kier molecular flexibility index (Phi) is 12.6. The molecule has 1 aromatic heterocycles. The molecule has 2 fully saturated rings. The predicted molar refractivity (Wildman–Crippen MR) is 177 cm³/mol. The topological polar surface area (TPSA) is 161 Å². The first-order valence-electron chi connectivity index (χ1n) is 16.8. The molecule has 4 rings (SSSR count). The van der Waals surface area contributed by atoms with Crippen molar-refractivity contribution in [2.45, 2.75) is 108 Å². The summed E-state index contributed by atoms with van der Waals surface area (Å²) in [7, 11) is 3.07. The maximum absolute atomic E-state index is 14.1. The fourth-order valence-corrected chi connectivity index (χ4v) is 6.50. The van der Waals surface area contributed by atoms with Crippen LogP contribution < -0.4 is 16.0 Å². The van der Waals surface area contributed by atoms with Crippen molar-refractivity contribution in [2.24, 2.45) is 13.0 Å². The minimum absolute atomic E-state index is 0.130. The lowest BCUT2D eigenvalue weighted by Crippen LogP contribution is -2.59. The number of rotatable bonds is 12. The Labute approximate surface area is 282 Å². The number of alkyl carbamates (subject to hydrolysis) is 1. The van der Waals surface area contributed by atoms with E-state index in [0.717, 1.165) is 37.7 Å². The van der Waals surface area contributed by atoms with E-state index < -0.39 is 59.6 Å². The second-order valence-corrected chi connectivity index (χ2v) is 13.7. The van der Waals surface area contributed by atoms with E-state index in [2.05, 4.69) is 20.9 Å². The van der Waals surface area contributed by atoms with Crippen LogP contribution in [0, 0.1) is 5.92 Å². The lowest BCUT2D eigenvalue weighted by Gasteiger charge is -2.34. The summed E-state index contributed by atoms with van der Waals surface area (Å²) >= 11 is 0. The highest BCUT2D eigenvalue weighted by atomic mass is 16.6. The molecule has 1 saturated carbocycles. The second kappa shape index (κ2) is 16.6. The number of ether oxygens (including phenoxy) is 2. The lowest BCUT2D eigenvalue weighted by atomic mass is 9.83. The van der Waals surface area contributed by atoms with E-state index in [1.54, 1.807) is 44.9 Å². The second-order valence-electron chi connectivity index (χ2n) is 13.7. The van der Waals surface area contributed by atoms with E-state index >= 15 is 0 Å². The molecule has 3 N–H and O–H groups in total. The quantitative estimate of drug-likeness (QED) is 0.292. The number of nitrogens with zero attached hydrogens (tertiary/aromatic N) is 3. The molecular formula is C35H50N6O7. The number of imidazole rings is 1. The highest BCUT2D eigenvalue weighted by Gasteiger charge is 2.41. The number of carbonyl (C=O) groups is 5. The molecule has 2 aliphatic rings. The average Bonchev–Trinajstić information content (AvgIpc) is 3.71. The van der Waals surface area contributed by atoms with Crippen LogP contribution in [0.15, 0.2) is 42.9 Å². The first-order chi connectivity index (χ1) is 22.9. The van der Waals surface area contributed by atoms with E-state index in [1.807, 2.05) is 30.3 Å². The number of hydrogen-bond acceptors (Lipinski definition) is 8. The maximum Gasteiger partial charge on any atom is 0.408 e. The summed E-state index contributed by atoms with van der Waals surface area (Å²) in [5.74, 6) is -2.04. The van der Waals surface area contributed by atoms with Crippen molar-refractivity contribution in [3.05, 3.63) is 54.1 Å². The third-order valence-corrected chi connectivity index (χ3v) is 8.94. The van der Waals surface area contributed by atoms with Gasteiger partial charge in [0.15, 0.2) is 0 Å². The molecule has 262 valence electrons. The van der Waals surface area contributed by atoms with Crippen LogP contribution in [0.5, 0.6) is 0 Å². The van der Waals surface area contributed by atoms with Gasteiger partial charge in [0.05, 0.1) is 13.4 Å². The lowest BCUT2D eigenvalue weighted by molar-refractivity contribution is -0.146. The number of likely N-dealkylation sites (tertiary alicyclic amines) is 1. The van der Waals surface area contributed by atoms with E-state index in [1.165, 1.54) is 12.0 Å². The number of amides is 4. The van der Waals surface area contributed by atoms with Gasteiger partial charge in [-0.3, -0.25) is 14.4 Å². The third kappa shape index (κ3) is 10.0. The first-order valence-corrected chi connectivity index (χ1v) is 16.8. The van der Waals surface area contributed by atoms with Gasteiger partial charge in [-0.25, -0.2) is 14.6 Å². The van der Waals surface area contributed by atoms with Crippen LogP contribution in [0.4, 0.5) is 4.79 Å². The van der Waals surface area contributed by atoms with Gasteiger partial charge in [0.25, 0.3) is 0 Å². The highest BCUT2D eigenvalue weighted by molar-refractivity contribution is 5.95. The largest absolute Gasteiger partial charge is 0.467 e. The van der Waals surface area contributed by atoms with Crippen molar-refractivity contribution in [3.8, 4) is 0 Å². The molecule has 0 unspecified atom stereocenters. The molecule has 0 spiro atoms. The van der Waals surface area contributed by atoms with Gasteiger partial charge in [-0.1, -0.05) is 49.6 Å². The Balaban J connectivity index is 1.52. The van der Waals surface area contributed by atoms with Gasteiger partial charge in [-0.2, -0.15) is 0 Å². The van der Waals surface area contributed by atoms with Crippen molar-refractivity contribution in [3.63, 3.8) is 0 Å². The normalized spacial score (nSPS) is 18.7. The minimum Gasteiger partial charge on any atom is -0.467 e. The van der Waals surface area contributed by atoms with Gasteiger partial charge in [0, 0.05) is 38.3 Å². The number of nitrogens with one attached hydrogen (secondary N) is 3. The SMILES string of the molecule is COC(=O)[C@H](Cc1ccccc1)NC(=O)[C@@H](NC(=O)[C@H]1CCCN1C(=O)[C@H](Cc1cncn1C)NC(=O)OC(C)(C)C)C1CCCCC1. The summed E-state index contributed by atoms with van der Waals surface area (Å²) in [6.07, 6.45) is 8.25. The average molecular weight is 667 g/mol. The maximum atomic E-state index is 14.1. The molecule has 1 aliphatic heterocycles. The van der Waals surface area contributed by atoms with Crippen LogP contribution in [0.1, 0.15) is 77.0 Å². The molecule has 1 saturated heterocycles. The Hall–Kier alpha value is -4.42. The monoisotopic (exact) mass is 666 g/mol. The summed E-state index contributed by atoms with van der Waals surface area (Å²) in [6.45, 7) is 5.52. The number of aryl methyl sites for hydroxylation is 1. The number of methoxy groups -OCH3 is 1. The molecule has 2 heterocycles. The molecule has 1 aromatic carbocycles. The molecule has 13 heteroatoms. The van der Waals surface area contributed by atoms with Gasteiger partial charge in [-0.15, -0.1) is 0 Å². The molecule has 48 heavy (non-hydrogen) atoms. The van der Waals surface area contributed by atoms with Crippen LogP contribution in [0.3, 0.4) is 0 Å². The molecule has 13 nitrogen and oxygen atoms in total. The molecular weight excluding hydrogens is 616 g/mol. The number of benzene rings is 1. The zero-order valence-corrected chi connectivity index (χ0v) is 28.7. The summed E-state index contributed by atoms with van der Waals surface area (Å²) in [5.41, 5.74) is 0.796. The van der Waals surface area contributed by atoms with Crippen LogP contribution in [0.2, 0.25) is 0 Å². The first kappa shape index (κ1) is 36.4. The van der Waals surface area contributed by atoms with Crippen molar-refractivity contribution < 1.29 is 33.4 Å². The molecule has 4 atom stereocenters. The zero-order chi connectivity index (χ0) is 34.8. The van der Waals surface area contributed by atoms with Gasteiger partial charge >= 0.3 is 12.1 Å². The van der Waals surface area contributed by atoms with E-state index in [9.17, 15) is 24.0 Å². The van der Waals surface area contributed by atoms with Crippen molar-refractivity contribution >= 4 is 29.8 Å². The molecule has 0 bridgehead atoms. The standard InChI is InChI=1S/C35H50N6O7/c1-35(2,3)48-34(46)38-26(20-25-21-36-22-40(25)4)32(44)41-18-12-17-28(41)30(42)39-29(24-15-10-7-11-16-24)31(43)37-27(33(45)47-5)19-23-13-8-6-9-14-23/h6,8-9,13-14,21-22,24,26-29H,7,10-12,15-20H2,1-5H3,(H,37,43)(H,38,46)(H,39,42)/t26-,27-,28+,29-/m0/s1. The Morgan fingerprint density at radius 3 is 2.25 bits per heavy atom. The van der Waals surface area contributed by atoms with Crippen LogP contribution in [-0.2, 0) is 48.5 Å². The molecule has 4 amide bonds. The van der Waals surface area contributed by atoms with Gasteiger partial charge < -0.3 is 34.9 Å². The smallest absolute Gasteiger partial charge is 0.408 e. The summed E-state index contributed by atoms with van der Waals surface area (Å²) in [4.78, 5) is 73.1. The van der Waals surface area contributed by atoms with E-state index in [-0.39, 0.29) is 18.8 Å². The van der Waals surface area contributed by atoms with Gasteiger partial charge in [-0.05, 0) is 57.9 Å². The number of aromatic nitrogens is 2. The fraction of sp³-hybridized carbons (Fsp3) is 0.600. The Morgan fingerprint density at radius 2 is 1.62 bits per heavy atom. The number of hydrogen-bond donors (Lipinski definition) is 3. The summed E-state index contributed by atoms with van der Waals surface area (Å²) in [6, 6.07) is 5.63. The van der Waals surface area contributed by atoms with Crippen molar-refractivity contribution in [2.75, 3.05) is 13.7 Å². The summed E-state index contributed by atoms with van der Waals surface area (Å²) in [5, 5.41) is 8.55. The van der Waals surface area contributed by atoms with Crippen molar-refractivity contribution in [1.29, 1.82) is 0 Å². The van der Waals surface area contributed by atoms with Crippen LogP contribution in [0.25, 0.3) is 0 Å². The minimum atomic E-state index is -1.01. The third-order valence-electron chi connectivity index (χ3n) is 8.94. The number of esters is 1. The molecule has 2 aromatic rings. The number of carbonyl (C=O) groups excluding carboxylic acids is 5. The Bertz CT molecular complexity index is 1420. The fourth-order valence-electron chi connectivity index (χ4n) is 6.50. The van der Waals surface area contributed by atoms with Gasteiger partial charge in [0.1, 0.15) is 29.8 Å². The van der Waals surface area contributed by atoms with Crippen molar-refractivity contribution in [1.82, 2.24) is 30.4 Å². The molecule has 1 aliphatic carbocycles. The molecule has 0 radical (unpaired) electrons. The van der Waals surface area contributed by atoms with Crippen LogP contribution in [-0.4, -0.2) is 87.7 Å². The summed E-state index contributed by atoms with van der Waals surface area (Å²) < 4.78 is 12.2. The van der Waals surface area contributed by atoms with E-state index in [0.29, 0.717) is 25.1 Å². The predicted octanol–water partition coefficient (Wildman–Crippen LogP) is 2.81. The zero-order valence-electron chi connectivity index (χ0n) is 28.7.